The number of alkyl halides is 3. The summed E-state index contributed by atoms with van der Waals surface area (Å²) < 4.78 is 38.9. The highest BCUT2D eigenvalue weighted by Crippen LogP contribution is 2.31. The minimum absolute atomic E-state index is 0.0951. The molecule has 0 aliphatic heterocycles. The molecule has 0 saturated carbocycles. The van der Waals surface area contributed by atoms with Crippen LogP contribution in [0.5, 0.6) is 0 Å². The number of fused-ring (bicyclic) bond motifs is 1. The van der Waals surface area contributed by atoms with Gasteiger partial charge in [-0.05, 0) is 53.4 Å². The number of nitrogens with one attached hydrogen (secondary N) is 1. The Morgan fingerprint density at radius 1 is 0.926 bits per heavy atom. The van der Waals surface area contributed by atoms with Gasteiger partial charge in [-0.2, -0.15) is 13.2 Å². The maximum absolute atomic E-state index is 13.0. The van der Waals surface area contributed by atoms with Gasteiger partial charge in [-0.3, -0.25) is 0 Å². The summed E-state index contributed by atoms with van der Waals surface area (Å²) in [6.45, 7) is 0.511. The average Bonchev–Trinajstić information content (AvgIpc) is 2.67. The molecule has 5 heteroatoms. The van der Waals surface area contributed by atoms with Crippen molar-refractivity contribution in [2.24, 2.45) is 0 Å². The maximum atomic E-state index is 13.0. The largest absolute Gasteiger partial charge is 0.416 e. The second-order valence-electron chi connectivity index (χ2n) is 6.53. The fourth-order valence-corrected chi connectivity index (χ4v) is 3.34. The Morgan fingerprint density at radius 2 is 1.67 bits per heavy atom. The van der Waals surface area contributed by atoms with E-state index in [1.54, 1.807) is 6.07 Å². The fourth-order valence-electron chi connectivity index (χ4n) is 3.34. The molecule has 0 bridgehead atoms. The van der Waals surface area contributed by atoms with Crippen molar-refractivity contribution in [1.82, 2.24) is 5.32 Å². The van der Waals surface area contributed by atoms with Crippen molar-refractivity contribution in [3.8, 4) is 0 Å². The molecule has 0 amide bonds. The summed E-state index contributed by atoms with van der Waals surface area (Å²) in [5, 5.41) is 15.0. The van der Waals surface area contributed by atoms with E-state index in [4.69, 9.17) is 0 Å². The zero-order chi connectivity index (χ0) is 19.3. The van der Waals surface area contributed by atoms with Gasteiger partial charge in [0.2, 0.25) is 0 Å². The Hall–Kier alpha value is -2.37. The lowest BCUT2D eigenvalue weighted by molar-refractivity contribution is -0.137. The van der Waals surface area contributed by atoms with Crippen LogP contribution in [0.25, 0.3) is 10.8 Å². The molecule has 0 aliphatic carbocycles. The third-order valence-electron chi connectivity index (χ3n) is 4.70. The summed E-state index contributed by atoms with van der Waals surface area (Å²) in [5.41, 5.74) is 1.06. The van der Waals surface area contributed by atoms with Gasteiger partial charge in [0.25, 0.3) is 0 Å². The fraction of sp³-hybridized carbons (Fsp3) is 0.273. The molecule has 2 N–H and O–H groups in total. The van der Waals surface area contributed by atoms with E-state index in [2.05, 4.69) is 29.6 Å². The number of rotatable bonds is 7. The second kappa shape index (κ2) is 8.55. The highest BCUT2D eigenvalue weighted by molar-refractivity contribution is 5.85. The lowest BCUT2D eigenvalue weighted by Crippen LogP contribution is -2.25. The average molecular weight is 373 g/mol. The highest BCUT2D eigenvalue weighted by Gasteiger charge is 2.30. The zero-order valence-corrected chi connectivity index (χ0v) is 14.8. The van der Waals surface area contributed by atoms with Crippen LogP contribution >= 0.6 is 0 Å². The summed E-state index contributed by atoms with van der Waals surface area (Å²) in [5.74, 6) is 0. The van der Waals surface area contributed by atoms with Gasteiger partial charge >= 0.3 is 6.18 Å². The molecule has 1 atom stereocenters. The smallest absolute Gasteiger partial charge is 0.396 e. The molecule has 0 saturated heterocycles. The molecule has 0 fully saturated rings. The molecule has 1 unspecified atom stereocenters. The Balaban J connectivity index is 1.72. The minimum atomic E-state index is -4.37. The molecule has 142 valence electrons. The molecule has 0 aliphatic rings. The van der Waals surface area contributed by atoms with Crippen LogP contribution in [0.3, 0.4) is 0 Å². The molecule has 0 radical (unpaired) electrons. The van der Waals surface area contributed by atoms with Crippen LogP contribution in [0, 0.1) is 0 Å². The Morgan fingerprint density at radius 3 is 2.44 bits per heavy atom. The van der Waals surface area contributed by atoms with Crippen LogP contribution < -0.4 is 5.32 Å². The molecule has 3 aromatic carbocycles. The number of hydrogen-bond acceptors (Lipinski definition) is 2. The van der Waals surface area contributed by atoms with Crippen molar-refractivity contribution < 1.29 is 18.3 Å². The van der Waals surface area contributed by atoms with Crippen LogP contribution in [0.1, 0.15) is 29.2 Å². The van der Waals surface area contributed by atoms with Crippen molar-refractivity contribution in [3.63, 3.8) is 0 Å². The van der Waals surface area contributed by atoms with Gasteiger partial charge in [0.15, 0.2) is 0 Å². The Kier molecular flexibility index (Phi) is 6.14. The zero-order valence-electron chi connectivity index (χ0n) is 14.8. The number of halogens is 3. The molecule has 27 heavy (non-hydrogen) atoms. The van der Waals surface area contributed by atoms with Gasteiger partial charge in [-0.1, -0.05) is 54.6 Å². The van der Waals surface area contributed by atoms with E-state index >= 15 is 0 Å². The summed E-state index contributed by atoms with van der Waals surface area (Å²) >= 11 is 0. The van der Waals surface area contributed by atoms with Crippen LogP contribution in [0.15, 0.2) is 66.7 Å². The van der Waals surface area contributed by atoms with Crippen molar-refractivity contribution >= 4 is 10.8 Å². The van der Waals surface area contributed by atoms with Crippen LogP contribution in [0.4, 0.5) is 13.2 Å². The van der Waals surface area contributed by atoms with Crippen LogP contribution in [-0.4, -0.2) is 18.3 Å². The molecular weight excluding hydrogens is 351 g/mol. The molecule has 3 aromatic rings. The van der Waals surface area contributed by atoms with E-state index in [9.17, 15) is 18.3 Å². The Labute approximate surface area is 156 Å². The van der Waals surface area contributed by atoms with Crippen LogP contribution in [0.2, 0.25) is 0 Å². The van der Waals surface area contributed by atoms with Gasteiger partial charge in [0.1, 0.15) is 0 Å². The number of hydrogen-bond donors (Lipinski definition) is 2. The maximum Gasteiger partial charge on any atom is 0.416 e. The number of benzene rings is 3. The summed E-state index contributed by atoms with van der Waals surface area (Å²) in [6.07, 6.45) is -3.26. The lowest BCUT2D eigenvalue weighted by atomic mass is 10.00. The second-order valence-corrected chi connectivity index (χ2v) is 6.53. The summed E-state index contributed by atoms with van der Waals surface area (Å²) in [4.78, 5) is 0. The normalized spacial score (nSPS) is 13.0. The first-order valence-electron chi connectivity index (χ1n) is 8.97. The first kappa shape index (κ1) is 19.4. The molecule has 0 heterocycles. The SMILES string of the molecule is OCCC(NCCc1cccc2ccccc12)c1cccc(C(F)(F)F)c1. The van der Waals surface area contributed by atoms with E-state index in [0.717, 1.165) is 18.6 Å². The topological polar surface area (TPSA) is 32.3 Å². The van der Waals surface area contributed by atoms with E-state index in [1.165, 1.54) is 22.4 Å². The predicted molar refractivity (Wildman–Crippen MR) is 102 cm³/mol. The number of aliphatic hydroxyl groups excluding tert-OH is 1. The standard InChI is InChI=1S/C22H22F3NO/c23-22(24,25)19-9-4-8-18(15-19)21(12-14-27)26-13-11-17-7-3-6-16-5-1-2-10-20(16)17/h1-10,15,21,26-27H,11-14H2. The molecule has 3 rings (SSSR count). The van der Waals surface area contributed by atoms with E-state index in [0.29, 0.717) is 18.5 Å². The third-order valence-corrected chi connectivity index (χ3v) is 4.70. The molecule has 0 aromatic heterocycles. The molecular formula is C22H22F3NO. The monoisotopic (exact) mass is 373 g/mol. The molecule has 0 spiro atoms. The van der Waals surface area contributed by atoms with E-state index in [-0.39, 0.29) is 12.6 Å². The van der Waals surface area contributed by atoms with Crippen molar-refractivity contribution in [1.29, 1.82) is 0 Å². The summed E-state index contributed by atoms with van der Waals surface area (Å²) in [6, 6.07) is 19.2. The third kappa shape index (κ3) is 4.87. The van der Waals surface area contributed by atoms with Gasteiger partial charge in [0, 0.05) is 12.6 Å². The van der Waals surface area contributed by atoms with Gasteiger partial charge in [-0.25, -0.2) is 0 Å². The van der Waals surface area contributed by atoms with Crippen molar-refractivity contribution in [3.05, 3.63) is 83.4 Å². The lowest BCUT2D eigenvalue weighted by Gasteiger charge is -2.20. The summed E-state index contributed by atoms with van der Waals surface area (Å²) in [7, 11) is 0. The quantitative estimate of drug-likeness (QED) is 0.603. The van der Waals surface area contributed by atoms with E-state index < -0.39 is 11.7 Å². The van der Waals surface area contributed by atoms with Gasteiger partial charge in [-0.15, -0.1) is 0 Å². The first-order valence-corrected chi connectivity index (χ1v) is 8.97. The van der Waals surface area contributed by atoms with Crippen molar-refractivity contribution in [2.45, 2.75) is 25.1 Å². The number of aliphatic hydroxyl groups is 1. The first-order chi connectivity index (χ1) is 13.0. The van der Waals surface area contributed by atoms with Crippen molar-refractivity contribution in [2.75, 3.05) is 13.2 Å². The minimum Gasteiger partial charge on any atom is -0.396 e. The van der Waals surface area contributed by atoms with Crippen LogP contribution in [-0.2, 0) is 12.6 Å². The Bertz CT molecular complexity index is 887. The molecule has 2 nitrogen and oxygen atoms in total. The highest BCUT2D eigenvalue weighted by atomic mass is 19.4. The predicted octanol–water partition coefficient (Wildman–Crippen LogP) is 5.11. The van der Waals surface area contributed by atoms with Gasteiger partial charge < -0.3 is 10.4 Å². The van der Waals surface area contributed by atoms with E-state index in [1.807, 2.05) is 18.2 Å². The van der Waals surface area contributed by atoms with Gasteiger partial charge in [0.05, 0.1) is 5.56 Å².